The topological polar surface area (TPSA) is 385 Å². The molecule has 0 fully saturated rings. The first-order valence-corrected chi connectivity index (χ1v) is 27.1. The van der Waals surface area contributed by atoms with Crippen molar-refractivity contribution in [3.05, 3.63) is 90.1 Å². The van der Waals surface area contributed by atoms with Gasteiger partial charge < -0.3 is 69.7 Å². The predicted molar refractivity (Wildman–Crippen MR) is 301 cm³/mol. The lowest BCUT2D eigenvalue weighted by atomic mass is 9.97. The van der Waals surface area contributed by atoms with E-state index in [0.29, 0.717) is 36.1 Å². The maximum absolute atomic E-state index is 14.7. The predicted octanol–water partition coefficient (Wildman–Crippen LogP) is -0.548. The van der Waals surface area contributed by atoms with Gasteiger partial charge in [-0.1, -0.05) is 88.6 Å². The number of imidazole rings is 1. The van der Waals surface area contributed by atoms with Crippen molar-refractivity contribution < 1.29 is 43.2 Å². The zero-order valence-electron chi connectivity index (χ0n) is 44.3. The number of benzene rings is 2. The largest absolute Gasteiger partial charge is 0.370 e. The summed E-state index contributed by atoms with van der Waals surface area (Å²) in [6, 6.07) is 6.02. The minimum Gasteiger partial charge on any atom is -0.370 e. The van der Waals surface area contributed by atoms with Crippen molar-refractivity contribution in [3.63, 3.8) is 0 Å². The summed E-state index contributed by atoms with van der Waals surface area (Å²) in [6.45, 7) is 6.80. The molecule has 16 N–H and O–H groups in total. The van der Waals surface area contributed by atoms with Crippen LogP contribution < -0.4 is 59.7 Å². The van der Waals surface area contributed by atoms with Crippen LogP contribution in [-0.2, 0) is 62.4 Å². The van der Waals surface area contributed by atoms with Crippen LogP contribution in [0.25, 0.3) is 10.9 Å². The van der Waals surface area contributed by atoms with E-state index >= 15 is 0 Å². The maximum Gasteiger partial charge on any atom is 0.244 e. The number of guanidine groups is 1. The molecule has 0 spiro atoms. The molecule has 2 heterocycles. The van der Waals surface area contributed by atoms with Gasteiger partial charge in [-0.3, -0.25) is 48.1 Å². The number of thiol groups is 2. The molecule has 24 nitrogen and oxygen atoms in total. The second-order valence-corrected chi connectivity index (χ2v) is 19.6. The van der Waals surface area contributed by atoms with E-state index in [1.54, 1.807) is 50.4 Å². The van der Waals surface area contributed by atoms with Crippen molar-refractivity contribution in [1.29, 1.82) is 0 Å². The highest BCUT2D eigenvalue weighted by Gasteiger charge is 2.36. The molecule has 0 radical (unpaired) electrons. The molecule has 0 aliphatic carbocycles. The molecule has 78 heavy (non-hydrogen) atoms. The van der Waals surface area contributed by atoms with Crippen LogP contribution in [0.2, 0.25) is 0 Å². The zero-order valence-corrected chi connectivity index (χ0v) is 46.1. The van der Waals surface area contributed by atoms with E-state index in [1.807, 2.05) is 31.2 Å². The van der Waals surface area contributed by atoms with Gasteiger partial charge in [-0.15, -0.1) is 0 Å². The number of unbranched alkanes of at least 4 members (excludes halogenated alkanes) is 1. The van der Waals surface area contributed by atoms with Crippen LogP contribution in [0.15, 0.2) is 78.3 Å². The van der Waals surface area contributed by atoms with Crippen LogP contribution in [0, 0.1) is 5.92 Å². The van der Waals surface area contributed by atoms with E-state index in [0.717, 1.165) is 17.3 Å². The van der Waals surface area contributed by atoms with E-state index in [1.165, 1.54) is 19.4 Å². The fourth-order valence-corrected chi connectivity index (χ4v) is 8.82. The van der Waals surface area contributed by atoms with Gasteiger partial charge in [0, 0.05) is 73.2 Å². The number of carbonyl (C=O) groups is 9. The van der Waals surface area contributed by atoms with Gasteiger partial charge in [0.15, 0.2) is 5.96 Å². The molecule has 4 aromatic rings. The van der Waals surface area contributed by atoms with Crippen molar-refractivity contribution in [1.82, 2.24) is 57.5 Å². The fourth-order valence-electron chi connectivity index (χ4n) is 8.29. The van der Waals surface area contributed by atoms with Gasteiger partial charge in [-0.2, -0.15) is 25.3 Å². The van der Waals surface area contributed by atoms with Crippen LogP contribution >= 0.6 is 25.3 Å². The van der Waals surface area contributed by atoms with E-state index < -0.39 is 107 Å². The number of para-hydroxylation sites is 1. The zero-order chi connectivity index (χ0) is 57.3. The number of aromatic nitrogens is 3. The number of aromatic amines is 2. The third kappa shape index (κ3) is 20.1. The van der Waals surface area contributed by atoms with Crippen LogP contribution in [-0.4, -0.2) is 140 Å². The maximum atomic E-state index is 14.7. The Kier molecular flexibility index (Phi) is 26.0. The first kappa shape index (κ1) is 62.9. The van der Waals surface area contributed by atoms with Gasteiger partial charge in [0.1, 0.15) is 48.3 Å². The first-order chi connectivity index (χ1) is 37.3. The minimum atomic E-state index is -1.39. The molecular formula is C52H75N15O9S2. The number of nitrogens with zero attached hydrogens (tertiary/aromatic N) is 2. The van der Waals surface area contributed by atoms with Gasteiger partial charge >= 0.3 is 0 Å². The lowest BCUT2D eigenvalue weighted by Gasteiger charge is -2.29. The van der Waals surface area contributed by atoms with Crippen molar-refractivity contribution in [3.8, 4) is 0 Å². The number of amides is 9. The quantitative estimate of drug-likeness (QED) is 0.0124. The Morgan fingerprint density at radius 3 is 1.71 bits per heavy atom. The molecular weight excluding hydrogens is 1040 g/mol. The van der Waals surface area contributed by atoms with Crippen molar-refractivity contribution in [2.24, 2.45) is 28.1 Å². The van der Waals surface area contributed by atoms with Gasteiger partial charge in [-0.25, -0.2) is 4.98 Å². The van der Waals surface area contributed by atoms with E-state index in [4.69, 9.17) is 17.2 Å². The van der Waals surface area contributed by atoms with Crippen LogP contribution in [0.3, 0.4) is 0 Å². The molecule has 0 aliphatic rings. The average Bonchev–Trinajstić information content (AvgIpc) is 4.10. The lowest BCUT2D eigenvalue weighted by Crippen LogP contribution is -2.62. The summed E-state index contributed by atoms with van der Waals surface area (Å²) in [5.74, 6) is -7.56. The van der Waals surface area contributed by atoms with Crippen molar-refractivity contribution in [2.75, 3.05) is 18.1 Å². The summed E-state index contributed by atoms with van der Waals surface area (Å²) >= 11 is 8.46. The van der Waals surface area contributed by atoms with Gasteiger partial charge in [0.05, 0.1) is 6.33 Å². The number of carbonyl (C=O) groups excluding carboxylic acids is 9. The summed E-state index contributed by atoms with van der Waals surface area (Å²) in [7, 11) is 0. The summed E-state index contributed by atoms with van der Waals surface area (Å²) in [5, 5.41) is 22.4. The molecule has 0 aliphatic heterocycles. The highest BCUT2D eigenvalue weighted by atomic mass is 32.1. The summed E-state index contributed by atoms with van der Waals surface area (Å²) in [6.07, 6.45) is 6.43. The van der Waals surface area contributed by atoms with Gasteiger partial charge in [-0.05, 0) is 42.4 Å². The molecule has 9 atom stereocenters. The Balaban J connectivity index is 1.65. The molecule has 2 aromatic carbocycles. The fraction of sp³-hybridized carbons (Fsp3) is 0.481. The Hall–Kier alpha value is -7.61. The highest BCUT2D eigenvalue weighted by Crippen LogP contribution is 2.20. The van der Waals surface area contributed by atoms with Crippen LogP contribution in [0.5, 0.6) is 0 Å². The Morgan fingerprint density at radius 1 is 0.603 bits per heavy atom. The van der Waals surface area contributed by atoms with Gasteiger partial charge in [0.25, 0.3) is 0 Å². The number of hydrogen-bond donors (Lipinski definition) is 15. The number of aliphatic imine (C=N–C) groups is 1. The first-order valence-electron chi connectivity index (χ1n) is 25.8. The number of hydrogen-bond acceptors (Lipinski definition) is 13. The summed E-state index contributed by atoms with van der Waals surface area (Å²) in [4.78, 5) is 138. The smallest absolute Gasteiger partial charge is 0.244 e. The Morgan fingerprint density at radius 2 is 1.13 bits per heavy atom. The SMILES string of the molecule is CCCC[C@H](NC(C)=O)C(=O)N[C@@H](CS)C(=O)N[C@@H](C(=O)N[C@@H](Cc1cnc[nH]1)C(=O)N[C@H](Cc1ccccc1)C(=O)N[C@@H](CCCN=C(N)N)C(=O)N[C@@H](Cc1c[nH]c2ccccc12)C(=O)N[C@@H](CS)C(N)=O)[C@@H](C)CC. The number of H-pyrrole nitrogens is 2. The molecule has 26 heteroatoms. The van der Waals surface area contributed by atoms with E-state index in [9.17, 15) is 43.2 Å². The van der Waals surface area contributed by atoms with E-state index in [2.05, 4.69) is 87.7 Å². The van der Waals surface area contributed by atoms with Crippen molar-refractivity contribution >= 4 is 95.3 Å². The molecule has 424 valence electrons. The standard InChI is InChI=1S/C52H75N15O9S2/c1-5-7-17-36(60-30(4)68)45(70)66-42(27-78)50(75)67-43(29(3)6-2)51(76)64-40(23-33-25-56-28-59-33)49(74)62-38(21-31-14-9-8-10-15-31)47(72)61-37(19-13-20-57-52(54)55)46(71)63-39(48(73)65-41(26-77)44(53)69)22-32-24-58-35-18-12-11-16-34(32)35/h8-12,14-16,18,24-25,28-29,36-43,58,77-78H,5-7,13,17,19-23,26-27H2,1-4H3,(H2,53,69)(H,56,59)(H,60,68)(H,61,72)(H,62,74)(H,63,71)(H,64,76)(H,65,73)(H,66,70)(H,67,75)(H4,54,55,57)/t29-,36-,37-,38+,39-,40-,41-,42-,43+/m0/s1. The van der Waals surface area contributed by atoms with Crippen molar-refractivity contribution in [2.45, 2.75) is 134 Å². The molecule has 4 rings (SSSR count). The minimum absolute atomic E-state index is 0.0577. The van der Waals surface area contributed by atoms with E-state index in [-0.39, 0.29) is 56.1 Å². The highest BCUT2D eigenvalue weighted by molar-refractivity contribution is 7.80. The molecule has 0 bridgehead atoms. The number of nitrogens with one attached hydrogen (secondary N) is 10. The number of fused-ring (bicyclic) bond motifs is 1. The number of rotatable bonds is 33. The molecule has 2 aromatic heterocycles. The van der Waals surface area contributed by atoms with Crippen LogP contribution in [0.1, 0.15) is 83.0 Å². The molecule has 0 saturated heterocycles. The normalized spacial score (nSPS) is 14.5. The number of primary amides is 1. The summed E-state index contributed by atoms with van der Waals surface area (Å²) in [5.41, 5.74) is 19.2. The lowest BCUT2D eigenvalue weighted by molar-refractivity contribution is -0.136. The second kappa shape index (κ2) is 32.2. The molecule has 0 saturated carbocycles. The Bertz CT molecular complexity index is 2670. The third-order valence-electron chi connectivity index (χ3n) is 12.8. The second-order valence-electron chi connectivity index (χ2n) is 18.9. The number of nitrogens with two attached hydrogens (primary N) is 3. The Labute approximate surface area is 464 Å². The van der Waals surface area contributed by atoms with Gasteiger partial charge in [0.2, 0.25) is 53.2 Å². The molecule has 9 amide bonds. The monoisotopic (exact) mass is 1120 g/mol. The third-order valence-corrected chi connectivity index (χ3v) is 13.6. The summed E-state index contributed by atoms with van der Waals surface area (Å²) < 4.78 is 0. The molecule has 0 unspecified atom stereocenters. The van der Waals surface area contributed by atoms with Crippen LogP contribution in [0.4, 0.5) is 0 Å². The average molecular weight is 1120 g/mol.